The molecule has 2 aliphatic rings. The molecule has 0 aromatic rings. The van der Waals surface area contributed by atoms with Crippen molar-refractivity contribution in [3.63, 3.8) is 0 Å². The molecular weight excluding hydrogens is 180 g/mol. The van der Waals surface area contributed by atoms with Gasteiger partial charge in [-0.15, -0.1) is 0 Å². The highest BCUT2D eigenvalue weighted by Crippen LogP contribution is 2.25. The van der Waals surface area contributed by atoms with Gasteiger partial charge in [-0.1, -0.05) is 25.3 Å². The Morgan fingerprint density at radius 2 is 1.79 bits per heavy atom. The molecule has 1 aliphatic carbocycles. The number of rotatable bonds is 1. The van der Waals surface area contributed by atoms with Crippen LogP contribution in [0.5, 0.6) is 0 Å². The van der Waals surface area contributed by atoms with Gasteiger partial charge >= 0.3 is 6.03 Å². The number of carbonyl (C=O) groups excluding carboxylic acids is 2. The third kappa shape index (κ3) is 1.95. The van der Waals surface area contributed by atoms with Crippen LogP contribution in [0.25, 0.3) is 0 Å². The summed E-state index contributed by atoms with van der Waals surface area (Å²) in [6.45, 7) is 0. The second kappa shape index (κ2) is 3.82. The summed E-state index contributed by atoms with van der Waals surface area (Å²) < 4.78 is 0. The van der Waals surface area contributed by atoms with Gasteiger partial charge in [0.1, 0.15) is 5.70 Å². The average Bonchev–Trinajstić information content (AvgIpc) is 2.47. The molecule has 0 aromatic carbocycles. The molecule has 0 spiro atoms. The highest BCUT2D eigenvalue weighted by molar-refractivity contribution is 6.11. The van der Waals surface area contributed by atoms with E-state index in [1.807, 2.05) is 6.08 Å². The van der Waals surface area contributed by atoms with Crippen LogP contribution in [-0.2, 0) is 4.79 Å². The van der Waals surface area contributed by atoms with Crippen molar-refractivity contribution < 1.29 is 9.59 Å². The van der Waals surface area contributed by atoms with Gasteiger partial charge in [0.05, 0.1) is 0 Å². The predicted molar refractivity (Wildman–Crippen MR) is 51.3 cm³/mol. The molecule has 1 aliphatic heterocycles. The smallest absolute Gasteiger partial charge is 0.303 e. The maximum atomic E-state index is 11.2. The number of hydrogen-bond donors (Lipinski definition) is 2. The number of hydrogen-bond acceptors (Lipinski definition) is 2. The molecule has 0 radical (unpaired) electrons. The lowest BCUT2D eigenvalue weighted by Crippen LogP contribution is -2.22. The summed E-state index contributed by atoms with van der Waals surface area (Å²) in [6, 6.07) is -0.406. The zero-order valence-electron chi connectivity index (χ0n) is 8.01. The second-order valence-corrected chi connectivity index (χ2v) is 3.89. The molecule has 4 nitrogen and oxygen atoms in total. The number of nitrogens with one attached hydrogen (secondary N) is 2. The van der Waals surface area contributed by atoms with Crippen molar-refractivity contribution in [1.82, 2.24) is 10.6 Å². The molecule has 1 saturated carbocycles. The lowest BCUT2D eigenvalue weighted by atomic mass is 9.88. The summed E-state index contributed by atoms with van der Waals surface area (Å²) in [4.78, 5) is 22.0. The van der Waals surface area contributed by atoms with Gasteiger partial charge in [0.25, 0.3) is 5.91 Å². The van der Waals surface area contributed by atoms with E-state index in [1.165, 1.54) is 19.3 Å². The summed E-state index contributed by atoms with van der Waals surface area (Å²) >= 11 is 0. The third-order valence-electron chi connectivity index (χ3n) is 2.77. The first-order valence-electron chi connectivity index (χ1n) is 5.10. The van der Waals surface area contributed by atoms with Crippen molar-refractivity contribution in [3.05, 3.63) is 11.8 Å². The SMILES string of the molecule is O=C1NC(=O)/C(=C\C2CCCCC2)N1. The molecule has 3 amide bonds. The monoisotopic (exact) mass is 194 g/mol. The van der Waals surface area contributed by atoms with E-state index in [0.717, 1.165) is 12.8 Å². The Morgan fingerprint density at radius 3 is 2.36 bits per heavy atom. The molecule has 4 heteroatoms. The molecule has 1 saturated heterocycles. The summed E-state index contributed by atoms with van der Waals surface area (Å²) in [6.07, 6.45) is 7.91. The zero-order chi connectivity index (χ0) is 9.97. The Bertz CT molecular complexity index is 290. The van der Waals surface area contributed by atoms with E-state index in [2.05, 4.69) is 10.6 Å². The van der Waals surface area contributed by atoms with Crippen molar-refractivity contribution in [1.29, 1.82) is 0 Å². The molecular formula is C10H14N2O2. The van der Waals surface area contributed by atoms with Gasteiger partial charge in [0.15, 0.2) is 0 Å². The molecule has 2 N–H and O–H groups in total. The van der Waals surface area contributed by atoms with Crippen LogP contribution in [0, 0.1) is 5.92 Å². The minimum atomic E-state index is -0.406. The number of carbonyl (C=O) groups is 2. The normalized spacial score (nSPS) is 26.4. The summed E-state index contributed by atoms with van der Waals surface area (Å²) in [5, 5.41) is 4.71. The van der Waals surface area contributed by atoms with E-state index in [9.17, 15) is 9.59 Å². The zero-order valence-corrected chi connectivity index (χ0v) is 8.01. The fraction of sp³-hybridized carbons (Fsp3) is 0.600. The standard InChI is InChI=1S/C10H14N2O2/c13-9-8(11-10(14)12-9)6-7-4-2-1-3-5-7/h6-7H,1-5H2,(H2,11,12,13,14)/b8-6+. The van der Waals surface area contributed by atoms with Gasteiger partial charge in [0.2, 0.25) is 0 Å². The first-order valence-corrected chi connectivity index (χ1v) is 5.10. The van der Waals surface area contributed by atoms with Gasteiger partial charge in [0, 0.05) is 0 Å². The van der Waals surface area contributed by atoms with Crippen molar-refractivity contribution in [2.75, 3.05) is 0 Å². The molecule has 2 fully saturated rings. The van der Waals surface area contributed by atoms with Gasteiger partial charge in [-0.2, -0.15) is 0 Å². The Morgan fingerprint density at radius 1 is 1.07 bits per heavy atom. The Balaban J connectivity index is 2.02. The molecule has 0 bridgehead atoms. The van der Waals surface area contributed by atoms with Crippen LogP contribution in [0.4, 0.5) is 4.79 Å². The van der Waals surface area contributed by atoms with Crippen LogP contribution in [0.3, 0.4) is 0 Å². The summed E-state index contributed by atoms with van der Waals surface area (Å²) in [7, 11) is 0. The summed E-state index contributed by atoms with van der Waals surface area (Å²) in [5.74, 6) is 0.170. The Labute approximate surface area is 82.7 Å². The largest absolute Gasteiger partial charge is 0.326 e. The topological polar surface area (TPSA) is 58.2 Å². The summed E-state index contributed by atoms with van der Waals surface area (Å²) in [5.41, 5.74) is 0.432. The molecule has 0 aromatic heterocycles. The van der Waals surface area contributed by atoms with Gasteiger partial charge < -0.3 is 5.32 Å². The third-order valence-corrected chi connectivity index (χ3v) is 2.77. The first kappa shape index (κ1) is 9.24. The second-order valence-electron chi connectivity index (χ2n) is 3.89. The van der Waals surface area contributed by atoms with E-state index < -0.39 is 6.03 Å². The highest BCUT2D eigenvalue weighted by Gasteiger charge is 2.24. The van der Waals surface area contributed by atoms with Crippen LogP contribution in [-0.4, -0.2) is 11.9 Å². The fourth-order valence-corrected chi connectivity index (χ4v) is 2.03. The molecule has 0 atom stereocenters. The van der Waals surface area contributed by atoms with E-state index in [0.29, 0.717) is 11.6 Å². The van der Waals surface area contributed by atoms with E-state index in [1.54, 1.807) is 0 Å². The van der Waals surface area contributed by atoms with Crippen LogP contribution in [0.2, 0.25) is 0 Å². The van der Waals surface area contributed by atoms with E-state index in [-0.39, 0.29) is 5.91 Å². The lowest BCUT2D eigenvalue weighted by Gasteiger charge is -2.18. The molecule has 1 heterocycles. The van der Waals surface area contributed by atoms with Gasteiger partial charge in [-0.3, -0.25) is 10.1 Å². The molecule has 14 heavy (non-hydrogen) atoms. The number of amides is 3. The van der Waals surface area contributed by atoms with Crippen LogP contribution in [0.1, 0.15) is 32.1 Å². The molecule has 0 unspecified atom stereocenters. The number of allylic oxidation sites excluding steroid dienone is 1. The fourth-order valence-electron chi connectivity index (χ4n) is 2.03. The van der Waals surface area contributed by atoms with E-state index in [4.69, 9.17) is 0 Å². The lowest BCUT2D eigenvalue weighted by molar-refractivity contribution is -0.115. The van der Waals surface area contributed by atoms with Crippen LogP contribution in [0.15, 0.2) is 11.8 Å². The van der Waals surface area contributed by atoms with Gasteiger partial charge in [-0.05, 0) is 18.8 Å². The van der Waals surface area contributed by atoms with Crippen molar-refractivity contribution in [3.8, 4) is 0 Å². The Kier molecular flexibility index (Phi) is 2.52. The maximum absolute atomic E-state index is 11.2. The van der Waals surface area contributed by atoms with Crippen molar-refractivity contribution in [2.45, 2.75) is 32.1 Å². The van der Waals surface area contributed by atoms with Crippen LogP contribution >= 0.6 is 0 Å². The number of imide groups is 1. The highest BCUT2D eigenvalue weighted by atomic mass is 16.2. The average molecular weight is 194 g/mol. The van der Waals surface area contributed by atoms with Gasteiger partial charge in [-0.25, -0.2) is 4.79 Å². The van der Waals surface area contributed by atoms with Crippen molar-refractivity contribution in [2.24, 2.45) is 5.92 Å². The quantitative estimate of drug-likeness (QED) is 0.488. The maximum Gasteiger partial charge on any atom is 0.326 e. The first-order chi connectivity index (χ1) is 6.75. The minimum Gasteiger partial charge on any atom is -0.303 e. The van der Waals surface area contributed by atoms with Crippen molar-refractivity contribution >= 4 is 11.9 Å². The van der Waals surface area contributed by atoms with E-state index >= 15 is 0 Å². The predicted octanol–water partition coefficient (Wildman–Crippen LogP) is 1.29. The Hall–Kier alpha value is -1.32. The molecule has 2 rings (SSSR count). The number of urea groups is 1. The molecule has 76 valence electrons. The minimum absolute atomic E-state index is 0.291. The van der Waals surface area contributed by atoms with Crippen LogP contribution < -0.4 is 10.6 Å².